The molecule has 0 fully saturated rings. The number of ether oxygens (including phenoxy) is 2. The Balaban J connectivity index is 0.000000802. The molecule has 239 valence electrons. The summed E-state index contributed by atoms with van der Waals surface area (Å²) in [6.45, 7) is 2.33. The number of ketones is 2. The summed E-state index contributed by atoms with van der Waals surface area (Å²) in [5, 5.41) is 18.6. The summed E-state index contributed by atoms with van der Waals surface area (Å²) in [6.07, 6.45) is -0.00740. The van der Waals surface area contributed by atoms with E-state index >= 15 is 0 Å². The van der Waals surface area contributed by atoms with E-state index in [-0.39, 0.29) is 42.4 Å². The van der Waals surface area contributed by atoms with Gasteiger partial charge < -0.3 is 19.7 Å². The second-order valence-electron chi connectivity index (χ2n) is 7.12. The zero-order valence-corrected chi connectivity index (χ0v) is 21.9. The Bertz CT molecular complexity index is 1340. The van der Waals surface area contributed by atoms with Gasteiger partial charge in [-0.2, -0.15) is 0 Å². The van der Waals surface area contributed by atoms with Crippen LogP contribution >= 0.6 is 0 Å². The Kier molecular flexibility index (Phi) is 14.6. The van der Waals surface area contributed by atoms with Crippen LogP contribution in [0.1, 0.15) is 25.0 Å². The summed E-state index contributed by atoms with van der Waals surface area (Å²) in [5.74, 6) is -32.6. The number of rotatable bonds is 8. The van der Waals surface area contributed by atoms with E-state index in [4.69, 9.17) is 0 Å². The molecule has 0 spiro atoms. The Hall–Kier alpha value is -4.38. The summed E-state index contributed by atoms with van der Waals surface area (Å²) in [5.41, 5.74) is -3.44. The first-order valence-electron chi connectivity index (χ1n) is 10.7. The van der Waals surface area contributed by atoms with Crippen molar-refractivity contribution in [2.24, 2.45) is 0 Å². The maximum Gasteiger partial charge on any atom is 0.379 e. The molecule has 0 aliphatic carbocycles. The van der Waals surface area contributed by atoms with Gasteiger partial charge >= 0.3 is 11.9 Å². The molecule has 19 heteroatoms. The quantitative estimate of drug-likeness (QED) is 0.0593. The van der Waals surface area contributed by atoms with Crippen molar-refractivity contribution in [2.45, 2.75) is 13.8 Å². The van der Waals surface area contributed by atoms with Crippen LogP contribution in [0.5, 0.6) is 0 Å². The second-order valence-corrected chi connectivity index (χ2v) is 7.12. The van der Waals surface area contributed by atoms with Gasteiger partial charge in [-0.05, 0) is 13.8 Å². The van der Waals surface area contributed by atoms with Gasteiger partial charge in [0.25, 0.3) is 11.6 Å². The van der Waals surface area contributed by atoms with Crippen LogP contribution in [-0.4, -0.2) is 46.9 Å². The van der Waals surface area contributed by atoms with Crippen LogP contribution in [0.2, 0.25) is 0 Å². The van der Waals surface area contributed by atoms with E-state index in [0.717, 1.165) is 0 Å². The normalized spacial score (nSPS) is 11.2. The van der Waals surface area contributed by atoms with Crippen molar-refractivity contribution in [3.05, 3.63) is 81.5 Å². The average Bonchev–Trinajstić information content (AvgIpc) is 2.93. The smallest absolute Gasteiger partial charge is 0.379 e. The Morgan fingerprint density at radius 3 is 0.930 bits per heavy atom. The van der Waals surface area contributed by atoms with Gasteiger partial charge in [-0.3, -0.25) is 9.59 Å². The monoisotopic (exact) mass is 683 g/mol. The molecule has 0 unspecified atom stereocenters. The molecule has 0 saturated heterocycles. The molecule has 43 heavy (non-hydrogen) atoms. The maximum absolute atomic E-state index is 13.3. The topological polar surface area (TPSA) is 127 Å². The second kappa shape index (κ2) is 16.3. The molecule has 1 radical (unpaired) electrons. The number of halogens is 10. The third-order valence-electron chi connectivity index (χ3n) is 4.42. The predicted octanol–water partition coefficient (Wildman–Crippen LogP) is 4.82. The van der Waals surface area contributed by atoms with E-state index in [1.165, 1.54) is 13.8 Å². The number of hydrogen-bond donors (Lipinski definition) is 2. The van der Waals surface area contributed by atoms with E-state index in [1.807, 2.05) is 0 Å². The van der Waals surface area contributed by atoms with E-state index in [9.17, 15) is 73.3 Å². The molecule has 2 N–H and O–H groups in total. The minimum Gasteiger partial charge on any atom is -0.507 e. The number of carbonyl (C=O) groups excluding carboxylic acids is 4. The molecular formula is C24H14CuF10O8. The van der Waals surface area contributed by atoms with Crippen molar-refractivity contribution in [1.29, 1.82) is 0 Å². The molecule has 0 heterocycles. The van der Waals surface area contributed by atoms with E-state index < -0.39 is 104 Å². The average molecular weight is 684 g/mol. The Morgan fingerprint density at radius 2 is 0.721 bits per heavy atom. The van der Waals surface area contributed by atoms with Crippen LogP contribution in [-0.2, 0) is 45.7 Å². The fraction of sp³-hybridized carbons (Fsp3) is 0.167. The summed E-state index contributed by atoms with van der Waals surface area (Å²) in [6, 6.07) is 0. The number of esters is 2. The van der Waals surface area contributed by atoms with Gasteiger partial charge in [0.1, 0.15) is 11.5 Å². The summed E-state index contributed by atoms with van der Waals surface area (Å²) >= 11 is 0. The van der Waals surface area contributed by atoms with Gasteiger partial charge in [0.15, 0.2) is 46.5 Å². The third-order valence-corrected chi connectivity index (χ3v) is 4.42. The SMILES string of the molecule is CCOC(=O)C(=O)/C=C(\O)c1c(F)c(F)c(F)c(F)c1F.CCOC(=O)C(=O)/C=C(\O)c1c(F)c(F)c(F)c(F)c1F.[Cu]. The van der Waals surface area contributed by atoms with Gasteiger partial charge in [0.2, 0.25) is 11.6 Å². The third kappa shape index (κ3) is 8.81. The molecule has 0 bridgehead atoms. The molecule has 0 aromatic heterocycles. The van der Waals surface area contributed by atoms with Crippen LogP contribution in [0.15, 0.2) is 12.2 Å². The minimum atomic E-state index is -2.42. The fourth-order valence-corrected chi connectivity index (χ4v) is 2.57. The molecule has 0 atom stereocenters. The van der Waals surface area contributed by atoms with Crippen LogP contribution in [0.3, 0.4) is 0 Å². The van der Waals surface area contributed by atoms with Gasteiger partial charge in [-0.15, -0.1) is 0 Å². The van der Waals surface area contributed by atoms with Crippen LogP contribution in [0.25, 0.3) is 11.5 Å². The largest absolute Gasteiger partial charge is 0.507 e. The van der Waals surface area contributed by atoms with E-state index in [2.05, 4.69) is 9.47 Å². The van der Waals surface area contributed by atoms with Crippen molar-refractivity contribution in [3.63, 3.8) is 0 Å². The van der Waals surface area contributed by atoms with Crippen LogP contribution in [0, 0.1) is 58.2 Å². The van der Waals surface area contributed by atoms with Crippen molar-refractivity contribution in [3.8, 4) is 0 Å². The van der Waals surface area contributed by atoms with Crippen LogP contribution in [0.4, 0.5) is 43.9 Å². The van der Waals surface area contributed by atoms with E-state index in [0.29, 0.717) is 0 Å². The van der Waals surface area contributed by atoms with Gasteiger partial charge in [0, 0.05) is 29.2 Å². The Labute approximate surface area is 243 Å². The first-order valence-corrected chi connectivity index (χ1v) is 10.7. The molecular weight excluding hydrogens is 670 g/mol. The van der Waals surface area contributed by atoms with Gasteiger partial charge in [-0.25, -0.2) is 53.5 Å². The standard InChI is InChI=1S/2C12H7F5O4.Cu/c2*1-2-21-12(20)5(19)3-4(18)6-7(13)9(15)11(17)10(16)8(6)14;/h2*3,18H,2H2,1H3;/b2*4-3-;. The van der Waals surface area contributed by atoms with Crippen molar-refractivity contribution < 1.29 is 99.8 Å². The van der Waals surface area contributed by atoms with Gasteiger partial charge in [-0.1, -0.05) is 0 Å². The van der Waals surface area contributed by atoms with Crippen molar-refractivity contribution in [1.82, 2.24) is 0 Å². The molecule has 0 aliphatic rings. The molecule has 0 aliphatic heterocycles. The maximum atomic E-state index is 13.3. The summed E-state index contributed by atoms with van der Waals surface area (Å²) < 4.78 is 139. The minimum absolute atomic E-state index is 0. The molecule has 2 aromatic carbocycles. The van der Waals surface area contributed by atoms with Crippen molar-refractivity contribution in [2.75, 3.05) is 13.2 Å². The number of benzene rings is 2. The molecule has 2 rings (SSSR count). The fourth-order valence-electron chi connectivity index (χ4n) is 2.57. The van der Waals surface area contributed by atoms with Crippen molar-refractivity contribution >= 4 is 35.0 Å². The molecule has 0 amide bonds. The zero-order chi connectivity index (χ0) is 32.6. The molecule has 2 aromatic rings. The number of carbonyl (C=O) groups is 4. The molecule has 0 saturated carbocycles. The number of hydrogen-bond acceptors (Lipinski definition) is 8. The number of aliphatic hydroxyl groups is 2. The predicted molar refractivity (Wildman–Crippen MR) is 117 cm³/mol. The zero-order valence-electron chi connectivity index (χ0n) is 21.0. The molecule has 8 nitrogen and oxygen atoms in total. The van der Waals surface area contributed by atoms with Gasteiger partial charge in [0.05, 0.1) is 24.3 Å². The number of aliphatic hydroxyl groups excluding tert-OH is 2. The summed E-state index contributed by atoms with van der Waals surface area (Å²) in [4.78, 5) is 44.2. The summed E-state index contributed by atoms with van der Waals surface area (Å²) in [7, 11) is 0. The first kappa shape index (κ1) is 38.6. The van der Waals surface area contributed by atoms with E-state index in [1.54, 1.807) is 0 Å². The first-order chi connectivity index (χ1) is 19.4. The Morgan fingerprint density at radius 1 is 0.512 bits per heavy atom. The van der Waals surface area contributed by atoms with Crippen LogP contribution < -0.4 is 0 Å².